The van der Waals surface area contributed by atoms with Gasteiger partial charge in [-0.2, -0.15) is 0 Å². The van der Waals surface area contributed by atoms with Crippen molar-refractivity contribution in [3.63, 3.8) is 0 Å². The van der Waals surface area contributed by atoms with Crippen molar-refractivity contribution < 1.29 is 23.9 Å². The van der Waals surface area contributed by atoms with Gasteiger partial charge < -0.3 is 4.74 Å². The second-order valence-corrected chi connectivity index (χ2v) is 7.47. The molecule has 21 heavy (non-hydrogen) atoms. The summed E-state index contributed by atoms with van der Waals surface area (Å²) in [5.74, 6) is -0.656. The topological polar surface area (TPSA) is 77.5 Å². The molecule has 0 aromatic rings. The number of hydrogen-bond acceptors (Lipinski definition) is 5. The van der Waals surface area contributed by atoms with Gasteiger partial charge in [-0.05, 0) is 6.92 Å². The second kappa shape index (κ2) is 8.22. The molecular weight excluding hydrogens is 291 g/mol. The molecule has 0 atom stereocenters. The fraction of sp³-hybridized carbons (Fsp3) is 0.200. The van der Waals surface area contributed by atoms with Crippen molar-refractivity contribution in [1.82, 2.24) is 0 Å². The predicted molar refractivity (Wildman–Crippen MR) is 83.2 cm³/mol. The molecular formula is C15H18O5P+. The maximum atomic E-state index is 12.1. The van der Waals surface area contributed by atoms with E-state index in [-0.39, 0.29) is 18.3 Å². The summed E-state index contributed by atoms with van der Waals surface area (Å²) >= 11 is 0. The smallest absolute Gasteiger partial charge is 0.333 e. The Morgan fingerprint density at radius 3 is 1.62 bits per heavy atom. The highest BCUT2D eigenvalue weighted by atomic mass is 31.2. The Balaban J connectivity index is 5.48. The molecule has 0 saturated heterocycles. The van der Waals surface area contributed by atoms with Crippen molar-refractivity contribution in [2.24, 2.45) is 0 Å². The van der Waals surface area contributed by atoms with Gasteiger partial charge in [-0.1, -0.05) is 26.3 Å². The molecule has 0 spiro atoms. The molecule has 0 radical (unpaired) electrons. The molecule has 0 bridgehead atoms. The quantitative estimate of drug-likeness (QED) is 0.351. The van der Waals surface area contributed by atoms with E-state index in [0.717, 1.165) is 18.2 Å². The molecule has 0 heterocycles. The van der Waals surface area contributed by atoms with Crippen LogP contribution in [0, 0.1) is 0 Å². The second-order valence-electron chi connectivity index (χ2n) is 4.08. The zero-order valence-electron chi connectivity index (χ0n) is 12.0. The zero-order valence-corrected chi connectivity index (χ0v) is 12.9. The molecule has 0 amide bonds. The Hall–Kier alpha value is -2.13. The minimum Gasteiger partial charge on any atom is -0.458 e. The fourth-order valence-electron chi connectivity index (χ4n) is 1.52. The van der Waals surface area contributed by atoms with Gasteiger partial charge in [-0.25, -0.2) is 19.2 Å². The maximum Gasteiger partial charge on any atom is 0.333 e. The SMILES string of the molecule is C=CC(=O)[P+](CCOC(=O)C(=C)C)(C(=O)C=C)C(=O)C=C. The van der Waals surface area contributed by atoms with Gasteiger partial charge >= 0.3 is 22.5 Å². The Morgan fingerprint density at radius 2 is 1.33 bits per heavy atom. The van der Waals surface area contributed by atoms with Crippen LogP contribution in [0.15, 0.2) is 50.1 Å². The Labute approximate surface area is 124 Å². The van der Waals surface area contributed by atoms with Crippen molar-refractivity contribution in [2.45, 2.75) is 6.92 Å². The number of allylic oxidation sites excluding steroid dienone is 3. The van der Waals surface area contributed by atoms with E-state index in [9.17, 15) is 19.2 Å². The molecule has 0 N–H and O–H groups in total. The van der Waals surface area contributed by atoms with Gasteiger partial charge in [-0.3, -0.25) is 0 Å². The summed E-state index contributed by atoms with van der Waals surface area (Å²) in [5, 5.41) is 0. The first-order chi connectivity index (χ1) is 9.77. The van der Waals surface area contributed by atoms with E-state index in [1.54, 1.807) is 0 Å². The average Bonchev–Trinajstić information content (AvgIpc) is 2.48. The largest absolute Gasteiger partial charge is 0.458 e. The van der Waals surface area contributed by atoms with Crippen molar-refractivity contribution >= 4 is 29.8 Å². The number of ether oxygens (including phenoxy) is 1. The van der Waals surface area contributed by atoms with Crippen LogP contribution < -0.4 is 0 Å². The normalized spacial score (nSPS) is 10.1. The maximum absolute atomic E-state index is 12.1. The van der Waals surface area contributed by atoms with Crippen molar-refractivity contribution in [3.05, 3.63) is 50.1 Å². The van der Waals surface area contributed by atoms with Crippen LogP contribution in [-0.4, -0.2) is 35.3 Å². The minimum absolute atomic E-state index is 0.180. The number of carbonyl (C=O) groups is 4. The first-order valence-electron chi connectivity index (χ1n) is 5.99. The standard InChI is InChI=1S/C15H18O5P/c1-6-12(16)21(13(17)7-2,14(18)8-3)10-9-20-15(19)11(4)5/h6-8H,1-4,9-10H2,5H3/q+1. The number of esters is 1. The molecule has 0 aromatic carbocycles. The monoisotopic (exact) mass is 309 g/mol. The third-order valence-electron chi connectivity index (χ3n) is 2.66. The summed E-state index contributed by atoms with van der Waals surface area (Å²) in [5.41, 5.74) is -1.85. The van der Waals surface area contributed by atoms with Crippen LogP contribution in [0.4, 0.5) is 0 Å². The van der Waals surface area contributed by atoms with Gasteiger partial charge in [0.15, 0.2) is 0 Å². The van der Waals surface area contributed by atoms with Crippen LogP contribution in [-0.2, 0) is 23.9 Å². The molecule has 0 saturated carbocycles. The lowest BCUT2D eigenvalue weighted by Crippen LogP contribution is -2.25. The predicted octanol–water partition coefficient (Wildman–Crippen LogP) is 2.26. The molecule has 6 heteroatoms. The summed E-state index contributed by atoms with van der Waals surface area (Å²) in [6, 6.07) is 0. The van der Waals surface area contributed by atoms with Crippen LogP contribution in [0.5, 0.6) is 0 Å². The average molecular weight is 309 g/mol. The van der Waals surface area contributed by atoms with Crippen LogP contribution >= 0.6 is 7.26 Å². The van der Waals surface area contributed by atoms with Crippen LogP contribution in [0.1, 0.15) is 6.92 Å². The fourth-order valence-corrected chi connectivity index (χ4v) is 4.14. The third-order valence-corrected chi connectivity index (χ3v) is 6.32. The molecule has 0 rings (SSSR count). The van der Waals surface area contributed by atoms with Crippen molar-refractivity contribution in [1.29, 1.82) is 0 Å². The Morgan fingerprint density at radius 1 is 0.952 bits per heavy atom. The molecule has 0 aromatic heterocycles. The highest BCUT2D eigenvalue weighted by Gasteiger charge is 2.57. The molecule has 0 aliphatic rings. The lowest BCUT2D eigenvalue weighted by atomic mass is 10.4. The summed E-state index contributed by atoms with van der Waals surface area (Å²) < 4.78 is 4.87. The van der Waals surface area contributed by atoms with E-state index in [1.165, 1.54) is 6.92 Å². The van der Waals surface area contributed by atoms with E-state index in [0.29, 0.717) is 0 Å². The van der Waals surface area contributed by atoms with Crippen LogP contribution in [0.2, 0.25) is 0 Å². The molecule has 0 aliphatic carbocycles. The summed E-state index contributed by atoms with van der Waals surface area (Å²) in [6.07, 6.45) is 2.58. The Bertz CT molecular complexity index is 480. The highest BCUT2D eigenvalue weighted by molar-refractivity contribution is 8.16. The van der Waals surface area contributed by atoms with E-state index in [1.807, 2.05) is 0 Å². The van der Waals surface area contributed by atoms with Gasteiger partial charge in [0.2, 0.25) is 7.26 Å². The molecule has 5 nitrogen and oxygen atoms in total. The number of rotatable bonds is 10. The summed E-state index contributed by atoms with van der Waals surface area (Å²) in [4.78, 5) is 47.6. The van der Waals surface area contributed by atoms with Crippen LogP contribution in [0.3, 0.4) is 0 Å². The van der Waals surface area contributed by atoms with Gasteiger partial charge in [0.05, 0.1) is 0 Å². The van der Waals surface area contributed by atoms with E-state index in [2.05, 4.69) is 26.3 Å². The van der Waals surface area contributed by atoms with E-state index in [4.69, 9.17) is 4.74 Å². The molecule has 0 aliphatic heterocycles. The van der Waals surface area contributed by atoms with E-state index < -0.39 is 29.8 Å². The summed E-state index contributed by atoms with van der Waals surface area (Å²) in [6.45, 7) is 14.6. The van der Waals surface area contributed by atoms with E-state index >= 15 is 0 Å². The number of hydrogen-bond donors (Lipinski definition) is 0. The highest BCUT2D eigenvalue weighted by Crippen LogP contribution is 2.61. The first-order valence-corrected chi connectivity index (χ1v) is 7.96. The van der Waals surface area contributed by atoms with Gasteiger partial charge in [0.1, 0.15) is 12.8 Å². The number of carbonyl (C=O) groups excluding carboxylic acids is 4. The van der Waals surface area contributed by atoms with Gasteiger partial charge in [-0.15, -0.1) is 0 Å². The Kier molecular flexibility index (Phi) is 7.39. The van der Waals surface area contributed by atoms with Gasteiger partial charge in [0, 0.05) is 23.8 Å². The lowest BCUT2D eigenvalue weighted by molar-refractivity contribution is -0.138. The first kappa shape index (κ1) is 18.9. The molecule has 0 unspecified atom stereocenters. The van der Waals surface area contributed by atoms with Crippen LogP contribution in [0.25, 0.3) is 0 Å². The van der Waals surface area contributed by atoms with Crippen molar-refractivity contribution in [3.8, 4) is 0 Å². The zero-order chi connectivity index (χ0) is 16.6. The molecule has 112 valence electrons. The summed E-state index contributed by atoms with van der Waals surface area (Å²) in [7, 11) is -3.43. The van der Waals surface area contributed by atoms with Crippen molar-refractivity contribution in [2.75, 3.05) is 12.8 Å². The lowest BCUT2D eigenvalue weighted by Gasteiger charge is -2.17. The minimum atomic E-state index is -3.43. The molecule has 0 fully saturated rings. The van der Waals surface area contributed by atoms with Gasteiger partial charge in [0.25, 0.3) is 0 Å². The third kappa shape index (κ3) is 4.17.